The Kier molecular flexibility index (Phi) is 4.05. The van der Waals surface area contributed by atoms with Gasteiger partial charge in [-0.3, -0.25) is 4.79 Å². The molecule has 1 amide bonds. The smallest absolute Gasteiger partial charge is 0.224 e. The molecule has 0 spiro atoms. The molecule has 0 aliphatic rings. The molecule has 3 nitrogen and oxygen atoms in total. The standard InChI is InChI=1S/C16H19NO2/c1-11-9-12(2)16(13(3)10-11)17-15(18)7-6-14-5-4-8-19-14/h4-5,8-10H,6-7H2,1-3H3,(H,17,18). The number of benzene rings is 1. The fourth-order valence-corrected chi connectivity index (χ4v) is 2.27. The van der Waals surface area contributed by atoms with Crippen LogP contribution in [-0.4, -0.2) is 5.91 Å². The van der Waals surface area contributed by atoms with Crippen molar-refractivity contribution >= 4 is 11.6 Å². The van der Waals surface area contributed by atoms with E-state index in [0.29, 0.717) is 12.8 Å². The average molecular weight is 257 g/mol. The Bertz CT molecular complexity index is 547. The first kappa shape index (κ1) is 13.4. The first-order valence-corrected chi connectivity index (χ1v) is 6.46. The number of anilines is 1. The van der Waals surface area contributed by atoms with E-state index >= 15 is 0 Å². The summed E-state index contributed by atoms with van der Waals surface area (Å²) in [5, 5.41) is 2.99. The van der Waals surface area contributed by atoms with Crippen LogP contribution in [-0.2, 0) is 11.2 Å². The lowest BCUT2D eigenvalue weighted by atomic mass is 10.0. The highest BCUT2D eigenvalue weighted by atomic mass is 16.3. The molecule has 0 aliphatic heterocycles. The van der Waals surface area contributed by atoms with Crippen LogP contribution in [0, 0.1) is 20.8 Å². The Labute approximate surface area is 113 Å². The maximum atomic E-state index is 11.9. The number of aryl methyl sites for hydroxylation is 4. The summed E-state index contributed by atoms with van der Waals surface area (Å²) in [4.78, 5) is 11.9. The zero-order valence-electron chi connectivity index (χ0n) is 11.6. The van der Waals surface area contributed by atoms with Crippen molar-refractivity contribution < 1.29 is 9.21 Å². The van der Waals surface area contributed by atoms with Gasteiger partial charge < -0.3 is 9.73 Å². The van der Waals surface area contributed by atoms with Gasteiger partial charge in [0.2, 0.25) is 5.91 Å². The highest BCUT2D eigenvalue weighted by molar-refractivity contribution is 5.92. The Morgan fingerprint density at radius 1 is 1.21 bits per heavy atom. The Hall–Kier alpha value is -2.03. The first-order valence-electron chi connectivity index (χ1n) is 6.46. The molecule has 1 aromatic heterocycles. The zero-order valence-corrected chi connectivity index (χ0v) is 11.6. The molecule has 0 unspecified atom stereocenters. The van der Waals surface area contributed by atoms with Crippen LogP contribution >= 0.6 is 0 Å². The van der Waals surface area contributed by atoms with Gasteiger partial charge in [0.1, 0.15) is 5.76 Å². The van der Waals surface area contributed by atoms with Gasteiger partial charge in [-0.15, -0.1) is 0 Å². The highest BCUT2D eigenvalue weighted by Crippen LogP contribution is 2.22. The largest absolute Gasteiger partial charge is 0.469 e. The molecule has 3 heteroatoms. The van der Waals surface area contributed by atoms with Crippen molar-refractivity contribution in [1.29, 1.82) is 0 Å². The molecule has 2 rings (SSSR count). The first-order chi connectivity index (χ1) is 9.06. The van der Waals surface area contributed by atoms with E-state index in [1.54, 1.807) is 6.26 Å². The predicted octanol–water partition coefficient (Wildman–Crippen LogP) is 3.78. The average Bonchev–Trinajstić information content (AvgIpc) is 2.84. The Balaban J connectivity index is 1.99. The van der Waals surface area contributed by atoms with E-state index in [9.17, 15) is 4.79 Å². The number of amides is 1. The molecule has 1 N–H and O–H groups in total. The van der Waals surface area contributed by atoms with Crippen molar-refractivity contribution in [2.45, 2.75) is 33.6 Å². The van der Waals surface area contributed by atoms with E-state index in [4.69, 9.17) is 4.42 Å². The monoisotopic (exact) mass is 257 g/mol. The van der Waals surface area contributed by atoms with Gasteiger partial charge in [0.25, 0.3) is 0 Å². The number of carbonyl (C=O) groups excluding carboxylic acids is 1. The minimum absolute atomic E-state index is 0.0199. The fraction of sp³-hybridized carbons (Fsp3) is 0.312. The van der Waals surface area contributed by atoms with Gasteiger partial charge in [-0.25, -0.2) is 0 Å². The summed E-state index contributed by atoms with van der Waals surface area (Å²) in [5.41, 5.74) is 4.34. The summed E-state index contributed by atoms with van der Waals surface area (Å²) in [6, 6.07) is 7.88. The van der Waals surface area contributed by atoms with Gasteiger partial charge >= 0.3 is 0 Å². The molecule has 0 fully saturated rings. The van der Waals surface area contributed by atoms with Crippen molar-refractivity contribution in [2.24, 2.45) is 0 Å². The van der Waals surface area contributed by atoms with Crippen LogP contribution in [0.1, 0.15) is 28.9 Å². The minimum atomic E-state index is 0.0199. The molecule has 0 bridgehead atoms. The maximum absolute atomic E-state index is 11.9. The number of furan rings is 1. The van der Waals surface area contributed by atoms with Crippen LogP contribution in [0.5, 0.6) is 0 Å². The fourth-order valence-electron chi connectivity index (χ4n) is 2.27. The Morgan fingerprint density at radius 3 is 2.47 bits per heavy atom. The highest BCUT2D eigenvalue weighted by Gasteiger charge is 2.09. The molecule has 1 aromatic carbocycles. The van der Waals surface area contributed by atoms with E-state index in [-0.39, 0.29) is 5.91 Å². The molecular formula is C16H19NO2. The van der Waals surface area contributed by atoms with Crippen LogP contribution in [0.2, 0.25) is 0 Å². The molecule has 0 saturated carbocycles. The quantitative estimate of drug-likeness (QED) is 0.905. The number of rotatable bonds is 4. The molecule has 0 atom stereocenters. The van der Waals surface area contributed by atoms with Gasteiger partial charge in [0.05, 0.1) is 6.26 Å². The lowest BCUT2D eigenvalue weighted by Gasteiger charge is -2.12. The van der Waals surface area contributed by atoms with Crippen LogP contribution in [0.15, 0.2) is 34.9 Å². The number of hydrogen-bond donors (Lipinski definition) is 1. The van der Waals surface area contributed by atoms with E-state index in [2.05, 4.69) is 24.4 Å². The summed E-state index contributed by atoms with van der Waals surface area (Å²) in [5.74, 6) is 0.860. The predicted molar refractivity (Wildman–Crippen MR) is 76.3 cm³/mol. The maximum Gasteiger partial charge on any atom is 0.224 e. The molecular weight excluding hydrogens is 238 g/mol. The second-order valence-corrected chi connectivity index (χ2v) is 4.90. The van der Waals surface area contributed by atoms with Gasteiger partial charge in [-0.2, -0.15) is 0 Å². The topological polar surface area (TPSA) is 42.2 Å². The SMILES string of the molecule is Cc1cc(C)c(NC(=O)CCc2ccco2)c(C)c1. The summed E-state index contributed by atoms with van der Waals surface area (Å²) in [6.45, 7) is 6.09. The number of hydrogen-bond acceptors (Lipinski definition) is 2. The van der Waals surface area contributed by atoms with E-state index in [1.807, 2.05) is 26.0 Å². The lowest BCUT2D eigenvalue weighted by molar-refractivity contribution is -0.116. The van der Waals surface area contributed by atoms with Crippen molar-refractivity contribution in [2.75, 3.05) is 5.32 Å². The van der Waals surface area contributed by atoms with Crippen LogP contribution < -0.4 is 5.32 Å². The summed E-state index contributed by atoms with van der Waals surface area (Å²) in [7, 11) is 0. The van der Waals surface area contributed by atoms with Crippen LogP contribution in [0.25, 0.3) is 0 Å². The van der Waals surface area contributed by atoms with Crippen molar-refractivity contribution in [3.63, 3.8) is 0 Å². The minimum Gasteiger partial charge on any atom is -0.469 e. The second-order valence-electron chi connectivity index (χ2n) is 4.90. The third kappa shape index (κ3) is 3.47. The van der Waals surface area contributed by atoms with Crippen molar-refractivity contribution in [1.82, 2.24) is 0 Å². The lowest BCUT2D eigenvalue weighted by Crippen LogP contribution is -2.14. The number of nitrogens with one attached hydrogen (secondary N) is 1. The van der Waals surface area contributed by atoms with Gasteiger partial charge in [0.15, 0.2) is 0 Å². The van der Waals surface area contributed by atoms with Gasteiger partial charge in [-0.1, -0.05) is 17.7 Å². The van der Waals surface area contributed by atoms with Crippen molar-refractivity contribution in [3.05, 3.63) is 53.0 Å². The van der Waals surface area contributed by atoms with Crippen LogP contribution in [0.3, 0.4) is 0 Å². The van der Waals surface area contributed by atoms with E-state index < -0.39 is 0 Å². The van der Waals surface area contributed by atoms with Crippen molar-refractivity contribution in [3.8, 4) is 0 Å². The summed E-state index contributed by atoms with van der Waals surface area (Å²) >= 11 is 0. The molecule has 0 saturated heterocycles. The van der Waals surface area contributed by atoms with Gasteiger partial charge in [0, 0.05) is 18.5 Å². The van der Waals surface area contributed by atoms with E-state index in [1.165, 1.54) is 5.56 Å². The normalized spacial score (nSPS) is 10.5. The molecule has 0 radical (unpaired) electrons. The molecule has 0 aliphatic carbocycles. The molecule has 19 heavy (non-hydrogen) atoms. The summed E-state index contributed by atoms with van der Waals surface area (Å²) < 4.78 is 5.22. The Morgan fingerprint density at radius 2 is 1.89 bits per heavy atom. The number of carbonyl (C=O) groups is 1. The second kappa shape index (κ2) is 5.74. The van der Waals surface area contributed by atoms with Crippen LogP contribution in [0.4, 0.5) is 5.69 Å². The summed E-state index contributed by atoms with van der Waals surface area (Å²) in [6.07, 6.45) is 2.69. The van der Waals surface area contributed by atoms with Gasteiger partial charge in [-0.05, 0) is 44.0 Å². The molecule has 100 valence electrons. The zero-order chi connectivity index (χ0) is 13.8. The third-order valence-corrected chi connectivity index (χ3v) is 3.12. The molecule has 2 aromatic rings. The third-order valence-electron chi connectivity index (χ3n) is 3.12. The van der Waals surface area contributed by atoms with E-state index in [0.717, 1.165) is 22.6 Å². The molecule has 1 heterocycles.